The monoisotopic (exact) mass is 191 g/mol. The van der Waals surface area contributed by atoms with Crippen LogP contribution in [0.3, 0.4) is 0 Å². The number of nitrogens with one attached hydrogen (secondary N) is 1. The summed E-state index contributed by atoms with van der Waals surface area (Å²) < 4.78 is 0. The SMILES string of the molecule is CC1=C(C2=CC(=O)NC2=O)CCCC1. The zero-order chi connectivity index (χ0) is 10.1. The summed E-state index contributed by atoms with van der Waals surface area (Å²) in [6, 6.07) is 0. The van der Waals surface area contributed by atoms with Gasteiger partial charge in [0.25, 0.3) is 11.8 Å². The molecule has 0 aromatic heterocycles. The molecule has 2 rings (SSSR count). The van der Waals surface area contributed by atoms with Crippen LogP contribution in [0.2, 0.25) is 0 Å². The van der Waals surface area contributed by atoms with Crippen molar-refractivity contribution in [2.75, 3.05) is 0 Å². The predicted molar refractivity (Wildman–Crippen MR) is 52.4 cm³/mol. The minimum Gasteiger partial charge on any atom is -0.289 e. The van der Waals surface area contributed by atoms with Crippen LogP contribution in [0.25, 0.3) is 0 Å². The van der Waals surface area contributed by atoms with Gasteiger partial charge in [0.2, 0.25) is 0 Å². The first-order chi connectivity index (χ1) is 6.68. The quantitative estimate of drug-likeness (QED) is 0.638. The van der Waals surface area contributed by atoms with Crippen molar-refractivity contribution < 1.29 is 9.59 Å². The van der Waals surface area contributed by atoms with E-state index < -0.39 is 0 Å². The Labute approximate surface area is 82.9 Å². The molecule has 14 heavy (non-hydrogen) atoms. The molecule has 0 aromatic carbocycles. The average Bonchev–Trinajstić information content (AvgIpc) is 2.46. The highest BCUT2D eigenvalue weighted by atomic mass is 16.2. The van der Waals surface area contributed by atoms with E-state index in [1.807, 2.05) is 6.92 Å². The third-order valence-electron chi connectivity index (χ3n) is 2.83. The van der Waals surface area contributed by atoms with Gasteiger partial charge in [0.05, 0.1) is 0 Å². The standard InChI is InChI=1S/C11H13NO2/c1-7-4-2-3-5-8(7)9-6-10(13)12-11(9)14/h6H,2-5H2,1H3,(H,12,13,14). The molecular weight excluding hydrogens is 178 g/mol. The van der Waals surface area contributed by atoms with Gasteiger partial charge in [-0.2, -0.15) is 0 Å². The summed E-state index contributed by atoms with van der Waals surface area (Å²) in [5, 5.41) is 2.28. The summed E-state index contributed by atoms with van der Waals surface area (Å²) in [6.07, 6.45) is 5.71. The van der Waals surface area contributed by atoms with Crippen LogP contribution >= 0.6 is 0 Å². The lowest BCUT2D eigenvalue weighted by molar-refractivity contribution is -0.123. The highest BCUT2D eigenvalue weighted by molar-refractivity contribution is 6.18. The second kappa shape index (κ2) is 3.40. The van der Waals surface area contributed by atoms with Gasteiger partial charge in [0.1, 0.15) is 0 Å². The number of amides is 2. The Morgan fingerprint density at radius 3 is 2.50 bits per heavy atom. The molecule has 0 radical (unpaired) electrons. The van der Waals surface area contributed by atoms with E-state index in [1.165, 1.54) is 18.1 Å². The molecule has 0 spiro atoms. The van der Waals surface area contributed by atoms with E-state index in [0.29, 0.717) is 5.57 Å². The van der Waals surface area contributed by atoms with Gasteiger partial charge in [-0.25, -0.2) is 0 Å². The molecule has 3 heteroatoms. The molecule has 0 bridgehead atoms. The number of carbonyl (C=O) groups excluding carboxylic acids is 2. The molecule has 0 unspecified atom stereocenters. The van der Waals surface area contributed by atoms with Crippen LogP contribution < -0.4 is 5.32 Å². The van der Waals surface area contributed by atoms with Crippen LogP contribution in [0.5, 0.6) is 0 Å². The third-order valence-corrected chi connectivity index (χ3v) is 2.83. The second-order valence-corrected chi connectivity index (χ2v) is 3.84. The summed E-state index contributed by atoms with van der Waals surface area (Å²) >= 11 is 0. The van der Waals surface area contributed by atoms with Crippen molar-refractivity contribution in [3.05, 3.63) is 22.8 Å². The number of imide groups is 1. The summed E-state index contributed by atoms with van der Waals surface area (Å²) in [4.78, 5) is 22.4. The number of allylic oxidation sites excluding steroid dienone is 1. The van der Waals surface area contributed by atoms with E-state index in [4.69, 9.17) is 0 Å². The second-order valence-electron chi connectivity index (χ2n) is 3.84. The molecule has 74 valence electrons. The Hall–Kier alpha value is -1.38. The topological polar surface area (TPSA) is 46.2 Å². The van der Waals surface area contributed by atoms with E-state index in [2.05, 4.69) is 5.32 Å². The first kappa shape index (κ1) is 9.19. The molecule has 0 fully saturated rings. The fourth-order valence-electron chi connectivity index (χ4n) is 2.06. The Bertz CT molecular complexity index is 363. The van der Waals surface area contributed by atoms with Crippen molar-refractivity contribution in [1.29, 1.82) is 0 Å². The van der Waals surface area contributed by atoms with Crippen LogP contribution in [0, 0.1) is 0 Å². The molecule has 0 atom stereocenters. The van der Waals surface area contributed by atoms with Gasteiger partial charge in [0.15, 0.2) is 0 Å². The molecule has 2 amide bonds. The Kier molecular flexibility index (Phi) is 2.23. The predicted octanol–water partition coefficient (Wildman–Crippen LogP) is 1.46. The van der Waals surface area contributed by atoms with Crippen molar-refractivity contribution in [3.63, 3.8) is 0 Å². The molecule has 0 saturated heterocycles. The molecular formula is C11H13NO2. The lowest BCUT2D eigenvalue weighted by atomic mass is 9.88. The van der Waals surface area contributed by atoms with Crippen molar-refractivity contribution >= 4 is 11.8 Å². The summed E-state index contributed by atoms with van der Waals surface area (Å²) in [5.41, 5.74) is 2.93. The molecule has 0 aromatic rings. The normalized spacial score (nSPS) is 22.5. The lowest BCUT2D eigenvalue weighted by Crippen LogP contribution is -2.23. The largest absolute Gasteiger partial charge is 0.289 e. The maximum absolute atomic E-state index is 11.4. The summed E-state index contributed by atoms with van der Waals surface area (Å²) in [5.74, 6) is -0.512. The number of carbonyl (C=O) groups is 2. The van der Waals surface area contributed by atoms with Crippen LogP contribution in [0.15, 0.2) is 22.8 Å². The molecule has 1 N–H and O–H groups in total. The van der Waals surface area contributed by atoms with E-state index in [9.17, 15) is 9.59 Å². The minimum absolute atomic E-state index is 0.230. The maximum Gasteiger partial charge on any atom is 0.258 e. The van der Waals surface area contributed by atoms with Crippen molar-refractivity contribution in [2.45, 2.75) is 32.6 Å². The van der Waals surface area contributed by atoms with Gasteiger partial charge in [-0.3, -0.25) is 14.9 Å². The van der Waals surface area contributed by atoms with E-state index in [0.717, 1.165) is 24.8 Å². The number of hydrogen-bond donors (Lipinski definition) is 1. The number of hydrogen-bond acceptors (Lipinski definition) is 2. The highest BCUT2D eigenvalue weighted by Gasteiger charge is 2.25. The summed E-state index contributed by atoms with van der Waals surface area (Å²) in [7, 11) is 0. The first-order valence-corrected chi connectivity index (χ1v) is 4.94. The summed E-state index contributed by atoms with van der Waals surface area (Å²) in [6.45, 7) is 2.05. The molecule has 0 saturated carbocycles. The van der Waals surface area contributed by atoms with Crippen molar-refractivity contribution in [1.82, 2.24) is 5.32 Å². The third kappa shape index (κ3) is 1.50. The molecule has 1 aliphatic carbocycles. The van der Waals surface area contributed by atoms with Crippen molar-refractivity contribution in [3.8, 4) is 0 Å². The van der Waals surface area contributed by atoms with Gasteiger partial charge < -0.3 is 0 Å². The Morgan fingerprint density at radius 1 is 1.21 bits per heavy atom. The van der Waals surface area contributed by atoms with Crippen LogP contribution in [-0.4, -0.2) is 11.8 Å². The van der Waals surface area contributed by atoms with Gasteiger partial charge in [0, 0.05) is 11.6 Å². The fraction of sp³-hybridized carbons (Fsp3) is 0.455. The molecule has 2 aliphatic rings. The van der Waals surface area contributed by atoms with E-state index in [1.54, 1.807) is 0 Å². The molecule has 1 aliphatic heterocycles. The van der Waals surface area contributed by atoms with Gasteiger partial charge in [-0.05, 0) is 38.2 Å². The van der Waals surface area contributed by atoms with E-state index >= 15 is 0 Å². The van der Waals surface area contributed by atoms with Crippen LogP contribution in [0.1, 0.15) is 32.6 Å². The zero-order valence-electron chi connectivity index (χ0n) is 8.22. The van der Waals surface area contributed by atoms with Gasteiger partial charge >= 0.3 is 0 Å². The maximum atomic E-state index is 11.4. The van der Waals surface area contributed by atoms with Crippen LogP contribution in [0.4, 0.5) is 0 Å². The van der Waals surface area contributed by atoms with Gasteiger partial charge in [-0.15, -0.1) is 0 Å². The molecule has 1 heterocycles. The Morgan fingerprint density at radius 2 is 1.93 bits per heavy atom. The van der Waals surface area contributed by atoms with Crippen LogP contribution in [-0.2, 0) is 9.59 Å². The lowest BCUT2D eigenvalue weighted by Gasteiger charge is -2.17. The number of rotatable bonds is 1. The van der Waals surface area contributed by atoms with E-state index in [-0.39, 0.29) is 11.8 Å². The highest BCUT2D eigenvalue weighted by Crippen LogP contribution is 2.30. The minimum atomic E-state index is -0.282. The first-order valence-electron chi connectivity index (χ1n) is 4.94. The zero-order valence-corrected chi connectivity index (χ0v) is 8.22. The van der Waals surface area contributed by atoms with Crippen molar-refractivity contribution in [2.24, 2.45) is 0 Å². The average molecular weight is 191 g/mol. The Balaban J connectivity index is 2.35. The smallest absolute Gasteiger partial charge is 0.258 e. The fourth-order valence-corrected chi connectivity index (χ4v) is 2.06. The molecule has 3 nitrogen and oxygen atoms in total. The van der Waals surface area contributed by atoms with Gasteiger partial charge in [-0.1, -0.05) is 5.57 Å².